The van der Waals surface area contributed by atoms with Gasteiger partial charge in [0.15, 0.2) is 5.13 Å². The number of fused-ring (bicyclic) bond motifs is 1. The predicted octanol–water partition coefficient (Wildman–Crippen LogP) is 4.11. The largest absolute Gasteiger partial charge is 0.497 e. The number of hydrogen-bond donors (Lipinski definition) is 0. The van der Waals surface area contributed by atoms with Gasteiger partial charge in [0, 0.05) is 18.2 Å². The van der Waals surface area contributed by atoms with Crippen molar-refractivity contribution < 1.29 is 19.1 Å². The van der Waals surface area contributed by atoms with Gasteiger partial charge in [0.1, 0.15) is 5.75 Å². The van der Waals surface area contributed by atoms with Gasteiger partial charge >= 0.3 is 5.97 Å². The van der Waals surface area contributed by atoms with Crippen LogP contribution < -0.4 is 9.64 Å². The molecule has 31 heavy (non-hydrogen) atoms. The van der Waals surface area contributed by atoms with Crippen LogP contribution in [0.5, 0.6) is 5.75 Å². The molecule has 0 aliphatic rings. The van der Waals surface area contributed by atoms with E-state index in [0.29, 0.717) is 22.8 Å². The lowest BCUT2D eigenvalue weighted by Gasteiger charge is -2.21. The molecule has 1 heterocycles. The van der Waals surface area contributed by atoms with E-state index in [-0.39, 0.29) is 18.3 Å². The van der Waals surface area contributed by atoms with Gasteiger partial charge in [-0.05, 0) is 63.5 Å². The minimum absolute atomic E-state index is 0. The lowest BCUT2D eigenvalue weighted by Crippen LogP contribution is -2.33. The molecule has 7 nitrogen and oxygen atoms in total. The van der Waals surface area contributed by atoms with Crippen molar-refractivity contribution in [2.45, 2.75) is 6.42 Å². The van der Waals surface area contributed by atoms with Crippen molar-refractivity contribution in [3.05, 3.63) is 53.6 Å². The quantitative estimate of drug-likeness (QED) is 0.468. The Morgan fingerprint density at radius 1 is 1.00 bits per heavy atom. The highest BCUT2D eigenvalue weighted by Crippen LogP contribution is 2.32. The van der Waals surface area contributed by atoms with Gasteiger partial charge in [0.05, 0.1) is 30.0 Å². The average molecular weight is 464 g/mol. The molecular weight excluding hydrogens is 438 g/mol. The van der Waals surface area contributed by atoms with Gasteiger partial charge in [-0.2, -0.15) is 0 Å². The summed E-state index contributed by atoms with van der Waals surface area (Å²) in [5.41, 5.74) is 1.69. The number of nitrogens with zero attached hydrogens (tertiary/aromatic N) is 3. The SMILES string of the molecule is COC(=O)c1ccc(C(=O)N(CCCN(C)C)c2nc3cc(OC)ccc3s2)cc1.Cl. The smallest absolute Gasteiger partial charge is 0.337 e. The van der Waals surface area contributed by atoms with Crippen LogP contribution >= 0.6 is 23.7 Å². The fourth-order valence-corrected chi connectivity index (χ4v) is 3.96. The van der Waals surface area contributed by atoms with E-state index in [2.05, 4.69) is 9.88 Å². The number of rotatable bonds is 8. The molecule has 0 aliphatic heterocycles. The van der Waals surface area contributed by atoms with E-state index in [0.717, 1.165) is 28.9 Å². The molecule has 1 amide bonds. The van der Waals surface area contributed by atoms with Crippen molar-refractivity contribution in [3.63, 3.8) is 0 Å². The third kappa shape index (κ3) is 5.94. The summed E-state index contributed by atoms with van der Waals surface area (Å²) in [6.45, 7) is 1.39. The van der Waals surface area contributed by atoms with Crippen molar-refractivity contribution >= 4 is 51.0 Å². The zero-order valence-electron chi connectivity index (χ0n) is 18.0. The molecular formula is C22H26ClN3O4S. The number of carbonyl (C=O) groups is 2. The van der Waals surface area contributed by atoms with E-state index in [9.17, 15) is 9.59 Å². The van der Waals surface area contributed by atoms with Crippen LogP contribution in [0.15, 0.2) is 42.5 Å². The van der Waals surface area contributed by atoms with Crippen LogP contribution in [0.2, 0.25) is 0 Å². The van der Waals surface area contributed by atoms with Crippen LogP contribution in [0.1, 0.15) is 27.1 Å². The zero-order valence-corrected chi connectivity index (χ0v) is 19.6. The molecule has 0 bridgehead atoms. The molecule has 1 aromatic heterocycles. The number of methoxy groups -OCH3 is 2. The first kappa shape index (κ1) is 24.6. The second-order valence-corrected chi connectivity index (χ2v) is 8.02. The molecule has 0 radical (unpaired) electrons. The first-order chi connectivity index (χ1) is 14.4. The monoisotopic (exact) mass is 463 g/mol. The standard InChI is InChI=1S/C22H25N3O4S.ClH/c1-24(2)12-5-13-25(20(26)15-6-8-16(9-7-15)21(27)29-4)22-23-18-14-17(28-3)10-11-19(18)30-22;/h6-11,14H,5,12-13H2,1-4H3;1H. The van der Waals surface area contributed by atoms with Gasteiger partial charge in [0.25, 0.3) is 5.91 Å². The van der Waals surface area contributed by atoms with Gasteiger partial charge in [-0.15, -0.1) is 12.4 Å². The number of hydrogen-bond acceptors (Lipinski definition) is 7. The maximum absolute atomic E-state index is 13.3. The summed E-state index contributed by atoms with van der Waals surface area (Å²) in [5, 5.41) is 0.638. The van der Waals surface area contributed by atoms with E-state index in [4.69, 9.17) is 9.47 Å². The summed E-state index contributed by atoms with van der Waals surface area (Å²) in [4.78, 5) is 33.4. The van der Waals surface area contributed by atoms with Crippen LogP contribution in [0.4, 0.5) is 5.13 Å². The first-order valence-electron chi connectivity index (χ1n) is 9.52. The van der Waals surface area contributed by atoms with Crippen LogP contribution in [0, 0.1) is 0 Å². The van der Waals surface area contributed by atoms with E-state index < -0.39 is 5.97 Å². The molecule has 0 saturated heterocycles. The van der Waals surface area contributed by atoms with Crippen molar-refractivity contribution in [1.82, 2.24) is 9.88 Å². The average Bonchev–Trinajstić information content (AvgIpc) is 3.18. The summed E-state index contributed by atoms with van der Waals surface area (Å²) >= 11 is 1.47. The lowest BCUT2D eigenvalue weighted by molar-refractivity contribution is 0.0600. The number of halogens is 1. The van der Waals surface area contributed by atoms with Gasteiger partial charge in [-0.25, -0.2) is 9.78 Å². The van der Waals surface area contributed by atoms with Gasteiger partial charge < -0.3 is 14.4 Å². The summed E-state index contributed by atoms with van der Waals surface area (Å²) in [5.74, 6) is 0.136. The Morgan fingerprint density at radius 3 is 2.29 bits per heavy atom. The van der Waals surface area contributed by atoms with Crippen molar-refractivity contribution in [3.8, 4) is 5.75 Å². The molecule has 0 aliphatic carbocycles. The summed E-state index contributed by atoms with van der Waals surface area (Å²) in [6.07, 6.45) is 0.804. The normalized spacial score (nSPS) is 10.6. The van der Waals surface area contributed by atoms with E-state index in [1.165, 1.54) is 18.4 Å². The Labute approximate surface area is 192 Å². The molecule has 0 fully saturated rings. The maximum Gasteiger partial charge on any atom is 0.337 e. The highest BCUT2D eigenvalue weighted by Gasteiger charge is 2.22. The highest BCUT2D eigenvalue weighted by molar-refractivity contribution is 7.22. The van der Waals surface area contributed by atoms with Gasteiger partial charge in [-0.1, -0.05) is 11.3 Å². The Hall–Kier alpha value is -2.68. The molecule has 0 spiro atoms. The number of benzene rings is 2. The highest BCUT2D eigenvalue weighted by atomic mass is 35.5. The third-order valence-corrected chi connectivity index (χ3v) is 5.66. The van der Waals surface area contributed by atoms with Crippen molar-refractivity contribution in [1.29, 1.82) is 0 Å². The summed E-state index contributed by atoms with van der Waals surface area (Å²) < 4.78 is 11.0. The molecule has 0 unspecified atom stereocenters. The number of carbonyl (C=O) groups excluding carboxylic acids is 2. The first-order valence-corrected chi connectivity index (χ1v) is 10.3. The maximum atomic E-state index is 13.3. The minimum atomic E-state index is -0.433. The van der Waals surface area contributed by atoms with Gasteiger partial charge in [0.2, 0.25) is 0 Å². The van der Waals surface area contributed by atoms with Crippen LogP contribution in [0.25, 0.3) is 10.2 Å². The number of anilines is 1. The van der Waals surface area contributed by atoms with E-state index >= 15 is 0 Å². The Morgan fingerprint density at radius 2 is 1.68 bits per heavy atom. The Bertz CT molecular complexity index is 1040. The molecule has 9 heteroatoms. The Kier molecular flexibility index (Phi) is 8.79. The van der Waals surface area contributed by atoms with Crippen molar-refractivity contribution in [2.24, 2.45) is 0 Å². The fourth-order valence-electron chi connectivity index (χ4n) is 2.99. The van der Waals surface area contributed by atoms with E-state index in [1.54, 1.807) is 36.3 Å². The van der Waals surface area contributed by atoms with Crippen LogP contribution in [-0.2, 0) is 4.74 Å². The van der Waals surface area contributed by atoms with Gasteiger partial charge in [-0.3, -0.25) is 9.69 Å². The lowest BCUT2D eigenvalue weighted by atomic mass is 10.1. The number of ether oxygens (including phenoxy) is 2. The Balaban J connectivity index is 0.00000341. The molecule has 0 saturated carbocycles. The number of thiazole rings is 1. The second kappa shape index (κ2) is 11.1. The summed E-state index contributed by atoms with van der Waals surface area (Å²) in [7, 11) is 6.95. The molecule has 166 valence electrons. The number of aromatic nitrogens is 1. The molecule has 0 atom stereocenters. The van der Waals surface area contributed by atoms with Crippen molar-refractivity contribution in [2.75, 3.05) is 46.3 Å². The molecule has 0 N–H and O–H groups in total. The number of amides is 1. The molecule has 3 aromatic rings. The topological polar surface area (TPSA) is 72.0 Å². The summed E-state index contributed by atoms with van der Waals surface area (Å²) in [6, 6.07) is 12.2. The molecule has 2 aromatic carbocycles. The second-order valence-electron chi connectivity index (χ2n) is 7.01. The van der Waals surface area contributed by atoms with E-state index in [1.807, 2.05) is 32.3 Å². The third-order valence-electron chi connectivity index (χ3n) is 4.60. The zero-order chi connectivity index (χ0) is 21.7. The van der Waals surface area contributed by atoms with Crippen LogP contribution in [0.3, 0.4) is 0 Å². The fraction of sp³-hybridized carbons (Fsp3) is 0.318. The molecule has 3 rings (SSSR count). The minimum Gasteiger partial charge on any atom is -0.497 e. The van der Waals surface area contributed by atoms with Crippen LogP contribution in [-0.4, -0.2) is 63.2 Å². The predicted molar refractivity (Wildman–Crippen MR) is 126 cm³/mol. The number of esters is 1.